The number of aryl methyl sites for hydroxylation is 1. The summed E-state index contributed by atoms with van der Waals surface area (Å²) >= 11 is 0. The molecule has 0 aromatic heterocycles. The summed E-state index contributed by atoms with van der Waals surface area (Å²) in [6.07, 6.45) is 12.6. The van der Waals surface area contributed by atoms with E-state index in [0.29, 0.717) is 65.0 Å². The number of unbranched alkanes of at least 4 members (excludes halogenated alkanes) is 1. The lowest BCUT2D eigenvalue weighted by atomic mass is 9.94. The first-order valence-electron chi connectivity index (χ1n) is 18.7. The minimum Gasteiger partial charge on any atom is -0.465 e. The van der Waals surface area contributed by atoms with Gasteiger partial charge in [0.25, 0.3) is 0 Å². The van der Waals surface area contributed by atoms with E-state index in [9.17, 15) is 19.2 Å². The minimum atomic E-state index is -0.462. The summed E-state index contributed by atoms with van der Waals surface area (Å²) in [5, 5.41) is 1.42. The predicted molar refractivity (Wildman–Crippen MR) is 198 cm³/mol. The maximum atomic E-state index is 12.8. The van der Waals surface area contributed by atoms with Gasteiger partial charge in [-0.1, -0.05) is 48.6 Å². The Bertz CT molecular complexity index is 1960. The van der Waals surface area contributed by atoms with E-state index in [2.05, 4.69) is 12.2 Å². The van der Waals surface area contributed by atoms with E-state index in [0.717, 1.165) is 74.2 Å². The van der Waals surface area contributed by atoms with Crippen LogP contribution in [0.4, 0.5) is 0 Å². The molecule has 2 bridgehead atoms. The van der Waals surface area contributed by atoms with Crippen LogP contribution in [0.1, 0.15) is 87.1 Å². The Hall–Kier alpha value is -5.28. The van der Waals surface area contributed by atoms with Crippen LogP contribution in [0.2, 0.25) is 0 Å². The smallest absolute Gasteiger partial charge is 0.343 e. The van der Waals surface area contributed by atoms with E-state index < -0.39 is 11.9 Å². The van der Waals surface area contributed by atoms with E-state index in [1.165, 1.54) is 0 Å². The van der Waals surface area contributed by atoms with Gasteiger partial charge in [-0.2, -0.15) is 0 Å². The summed E-state index contributed by atoms with van der Waals surface area (Å²) in [5.41, 5.74) is 3.29. The maximum absolute atomic E-state index is 12.8. The minimum absolute atomic E-state index is 0.0368. The first kappa shape index (κ1) is 36.1. The number of rotatable bonds is 15. The maximum Gasteiger partial charge on any atom is 0.343 e. The van der Waals surface area contributed by atoms with Crippen molar-refractivity contribution < 1.29 is 42.9 Å². The van der Waals surface area contributed by atoms with Crippen LogP contribution in [0.25, 0.3) is 10.8 Å². The molecule has 2 fully saturated rings. The SMILES string of the molecule is O=Cc1c(OC2CCCCO2)ccc2cc(C(=O)OCCc3ccc(OC(=O)c4ccc(CCCCOC(=O)C5CC6C=CC5C6)cc4)cc3)ccc12. The molecule has 1 saturated heterocycles. The Morgan fingerprint density at radius 1 is 0.755 bits per heavy atom. The third-order valence-corrected chi connectivity index (χ3v) is 10.4. The molecule has 0 amide bonds. The van der Waals surface area contributed by atoms with Crippen LogP contribution in [0.15, 0.2) is 91.0 Å². The molecular weight excluding hydrogens is 672 g/mol. The molecule has 0 spiro atoms. The van der Waals surface area contributed by atoms with Gasteiger partial charge in [-0.15, -0.1) is 0 Å². The lowest BCUT2D eigenvalue weighted by Crippen LogP contribution is -2.25. The summed E-state index contributed by atoms with van der Waals surface area (Å²) in [4.78, 5) is 50.0. The number of hydrogen-bond donors (Lipinski definition) is 0. The Kier molecular flexibility index (Phi) is 11.6. The number of allylic oxidation sites excluding steroid dienone is 2. The second-order valence-electron chi connectivity index (χ2n) is 14.1. The molecule has 2 aliphatic carbocycles. The summed E-state index contributed by atoms with van der Waals surface area (Å²) < 4.78 is 28.3. The Balaban J connectivity index is 0.820. The predicted octanol–water partition coefficient (Wildman–Crippen LogP) is 8.25. The van der Waals surface area contributed by atoms with Crippen molar-refractivity contribution >= 4 is 35.0 Å². The van der Waals surface area contributed by atoms with Gasteiger partial charge in [0, 0.05) is 12.8 Å². The zero-order valence-corrected chi connectivity index (χ0v) is 29.7. The molecule has 274 valence electrons. The number of fused-ring (bicyclic) bond motifs is 3. The third kappa shape index (κ3) is 9.03. The van der Waals surface area contributed by atoms with Crippen LogP contribution >= 0.6 is 0 Å². The fourth-order valence-electron chi connectivity index (χ4n) is 7.44. The molecule has 9 nitrogen and oxygen atoms in total. The van der Waals surface area contributed by atoms with Gasteiger partial charge in [0.05, 0.1) is 42.4 Å². The zero-order chi connectivity index (χ0) is 36.6. The van der Waals surface area contributed by atoms with Crippen molar-refractivity contribution in [3.05, 3.63) is 119 Å². The van der Waals surface area contributed by atoms with Crippen molar-refractivity contribution in [2.45, 2.75) is 64.1 Å². The highest BCUT2D eigenvalue weighted by atomic mass is 16.7. The highest BCUT2D eigenvalue weighted by molar-refractivity contribution is 6.03. The van der Waals surface area contributed by atoms with Gasteiger partial charge in [-0.3, -0.25) is 9.59 Å². The first-order valence-corrected chi connectivity index (χ1v) is 18.7. The van der Waals surface area contributed by atoms with Gasteiger partial charge in [0.15, 0.2) is 12.6 Å². The molecule has 3 aliphatic rings. The molecule has 4 aromatic rings. The fourth-order valence-corrected chi connectivity index (χ4v) is 7.44. The van der Waals surface area contributed by atoms with Crippen molar-refractivity contribution in [1.29, 1.82) is 0 Å². The number of hydrogen-bond acceptors (Lipinski definition) is 9. The van der Waals surface area contributed by atoms with Crippen LogP contribution < -0.4 is 9.47 Å². The van der Waals surface area contributed by atoms with Gasteiger partial charge in [0.1, 0.15) is 11.5 Å². The summed E-state index contributed by atoms with van der Waals surface area (Å²) in [6, 6.07) is 23.1. The molecule has 0 radical (unpaired) electrons. The first-order chi connectivity index (χ1) is 25.9. The van der Waals surface area contributed by atoms with E-state index in [1.54, 1.807) is 48.5 Å². The van der Waals surface area contributed by atoms with E-state index >= 15 is 0 Å². The number of carbonyl (C=O) groups is 4. The quantitative estimate of drug-likeness (QED) is 0.0394. The molecule has 1 saturated carbocycles. The van der Waals surface area contributed by atoms with Crippen LogP contribution in [0.5, 0.6) is 11.5 Å². The van der Waals surface area contributed by atoms with Crippen molar-refractivity contribution in [2.24, 2.45) is 17.8 Å². The average Bonchev–Trinajstić information content (AvgIpc) is 3.83. The number of esters is 3. The van der Waals surface area contributed by atoms with E-state index in [-0.39, 0.29) is 24.8 Å². The number of aldehydes is 1. The topological polar surface area (TPSA) is 114 Å². The number of ether oxygens (including phenoxy) is 5. The molecule has 7 rings (SSSR count). The molecular formula is C44H44O9. The van der Waals surface area contributed by atoms with Gasteiger partial charge in [-0.25, -0.2) is 9.59 Å². The average molecular weight is 717 g/mol. The number of benzene rings is 4. The normalized spacial score (nSPS) is 20.2. The Morgan fingerprint density at radius 3 is 2.28 bits per heavy atom. The highest BCUT2D eigenvalue weighted by Gasteiger charge is 2.40. The van der Waals surface area contributed by atoms with Gasteiger partial charge in [-0.05, 0) is 121 Å². The van der Waals surface area contributed by atoms with Crippen LogP contribution in [0, 0.1) is 17.8 Å². The van der Waals surface area contributed by atoms with Crippen molar-refractivity contribution in [2.75, 3.05) is 19.8 Å². The largest absolute Gasteiger partial charge is 0.465 e. The Morgan fingerprint density at radius 2 is 1.55 bits per heavy atom. The van der Waals surface area contributed by atoms with Crippen LogP contribution in [0.3, 0.4) is 0 Å². The molecule has 4 aromatic carbocycles. The van der Waals surface area contributed by atoms with Gasteiger partial charge >= 0.3 is 17.9 Å². The summed E-state index contributed by atoms with van der Waals surface area (Å²) in [5.74, 6) is 0.878. The number of carbonyl (C=O) groups excluding carboxylic acids is 4. The van der Waals surface area contributed by atoms with E-state index in [1.807, 2.05) is 30.3 Å². The molecule has 53 heavy (non-hydrogen) atoms. The zero-order valence-electron chi connectivity index (χ0n) is 29.7. The molecule has 4 unspecified atom stereocenters. The van der Waals surface area contributed by atoms with Crippen LogP contribution in [-0.4, -0.2) is 50.3 Å². The standard InChI is InChI=1S/C44H44O9/c45-28-39-37-19-15-35(27-34(37)16-20-40(39)53-41-6-2-4-22-49-41)42(46)51-24-21-30-10-17-36(18-11-30)52-43(47)32-12-7-29(8-13-32)5-1-3-23-50-44(48)38-26-31-9-14-33(38)25-31/h7-20,27-28,31,33,38,41H,1-6,21-26H2. The lowest BCUT2D eigenvalue weighted by molar-refractivity contribution is -0.149. The molecule has 1 heterocycles. The third-order valence-electron chi connectivity index (χ3n) is 10.4. The molecule has 4 atom stereocenters. The second-order valence-corrected chi connectivity index (χ2v) is 14.1. The molecule has 0 N–H and O–H groups in total. The molecule has 1 aliphatic heterocycles. The fraction of sp³-hybridized carbons (Fsp3) is 0.364. The monoisotopic (exact) mass is 716 g/mol. The van der Waals surface area contributed by atoms with Gasteiger partial charge < -0.3 is 23.7 Å². The molecule has 9 heteroatoms. The summed E-state index contributed by atoms with van der Waals surface area (Å²) in [7, 11) is 0. The van der Waals surface area contributed by atoms with E-state index in [4.69, 9.17) is 23.7 Å². The highest BCUT2D eigenvalue weighted by Crippen LogP contribution is 2.44. The van der Waals surface area contributed by atoms with Gasteiger partial charge in [0.2, 0.25) is 0 Å². The van der Waals surface area contributed by atoms with Crippen molar-refractivity contribution in [3.8, 4) is 11.5 Å². The summed E-state index contributed by atoms with van der Waals surface area (Å²) in [6.45, 7) is 1.25. The van der Waals surface area contributed by atoms with Crippen molar-refractivity contribution in [1.82, 2.24) is 0 Å². The second kappa shape index (κ2) is 17.0. The van der Waals surface area contributed by atoms with Crippen LogP contribution in [-0.2, 0) is 31.8 Å². The van der Waals surface area contributed by atoms with Crippen molar-refractivity contribution in [3.63, 3.8) is 0 Å². The Labute approximate surface area is 309 Å². The lowest BCUT2D eigenvalue weighted by Gasteiger charge is -2.24.